The molecule has 0 aliphatic carbocycles. The highest BCUT2D eigenvalue weighted by Crippen LogP contribution is 2.16. The Bertz CT molecular complexity index is 531. The lowest BCUT2D eigenvalue weighted by atomic mass is 10.2. The molecule has 0 aliphatic rings. The van der Waals surface area contributed by atoms with Gasteiger partial charge < -0.3 is 14.4 Å². The van der Waals surface area contributed by atoms with Gasteiger partial charge in [0, 0.05) is 19.5 Å². The highest BCUT2D eigenvalue weighted by atomic mass is 16.5. The maximum absolute atomic E-state index is 10.9. The van der Waals surface area contributed by atoms with Crippen LogP contribution >= 0.6 is 0 Å². The summed E-state index contributed by atoms with van der Waals surface area (Å²) in [6, 6.07) is 7.54. The quantitative estimate of drug-likeness (QED) is 0.393. The standard InChI is InChI=1S/C17H21NO5/c1-14(20)22-12-9-18(10-13-23-15(2)21)17-7-5-16(6-8-17)4-3-11-19/h3-8,11H,9-10,12-13H2,1-2H3. The fourth-order valence-corrected chi connectivity index (χ4v) is 1.92. The molecule has 1 aromatic carbocycles. The summed E-state index contributed by atoms with van der Waals surface area (Å²) < 4.78 is 9.92. The van der Waals surface area contributed by atoms with Gasteiger partial charge >= 0.3 is 11.9 Å². The van der Waals surface area contributed by atoms with Gasteiger partial charge in [0.15, 0.2) is 0 Å². The molecule has 0 atom stereocenters. The molecule has 23 heavy (non-hydrogen) atoms. The predicted molar refractivity (Wildman–Crippen MR) is 87.0 cm³/mol. The Hall–Kier alpha value is -2.63. The highest BCUT2D eigenvalue weighted by molar-refractivity contribution is 5.74. The SMILES string of the molecule is CC(=O)OCCN(CCOC(C)=O)c1ccc(C=CC=O)cc1. The molecular weight excluding hydrogens is 298 g/mol. The molecule has 6 heteroatoms. The van der Waals surface area contributed by atoms with E-state index in [-0.39, 0.29) is 25.2 Å². The van der Waals surface area contributed by atoms with Crippen molar-refractivity contribution in [3.8, 4) is 0 Å². The van der Waals surface area contributed by atoms with Crippen molar-refractivity contribution in [2.24, 2.45) is 0 Å². The van der Waals surface area contributed by atoms with Crippen molar-refractivity contribution in [1.29, 1.82) is 0 Å². The number of esters is 2. The predicted octanol–water partition coefficient (Wildman–Crippen LogP) is 1.83. The monoisotopic (exact) mass is 319 g/mol. The number of allylic oxidation sites excluding steroid dienone is 1. The Balaban J connectivity index is 2.71. The van der Waals surface area contributed by atoms with Gasteiger partial charge in [-0.3, -0.25) is 14.4 Å². The Morgan fingerprint density at radius 2 is 1.52 bits per heavy atom. The molecule has 0 aliphatic heterocycles. The zero-order valence-corrected chi connectivity index (χ0v) is 13.4. The number of anilines is 1. The maximum Gasteiger partial charge on any atom is 0.302 e. The summed E-state index contributed by atoms with van der Waals surface area (Å²) in [6.07, 6.45) is 3.85. The van der Waals surface area contributed by atoms with Crippen LogP contribution in [0.5, 0.6) is 0 Å². The first-order chi connectivity index (χ1) is 11.0. The molecule has 0 saturated heterocycles. The third kappa shape index (κ3) is 7.80. The van der Waals surface area contributed by atoms with Gasteiger partial charge in [0.2, 0.25) is 0 Å². The molecule has 1 aromatic rings. The van der Waals surface area contributed by atoms with Gasteiger partial charge in [-0.25, -0.2) is 0 Å². The van der Waals surface area contributed by atoms with E-state index in [4.69, 9.17) is 9.47 Å². The minimum Gasteiger partial charge on any atom is -0.464 e. The number of ether oxygens (including phenoxy) is 2. The minimum absolute atomic E-state index is 0.252. The van der Waals surface area contributed by atoms with E-state index in [1.807, 2.05) is 29.2 Å². The van der Waals surface area contributed by atoms with Crippen molar-refractivity contribution < 1.29 is 23.9 Å². The lowest BCUT2D eigenvalue weighted by Crippen LogP contribution is -2.31. The van der Waals surface area contributed by atoms with Crippen molar-refractivity contribution in [1.82, 2.24) is 0 Å². The number of nitrogens with zero attached hydrogens (tertiary/aromatic N) is 1. The summed E-state index contributed by atoms with van der Waals surface area (Å²) in [5, 5.41) is 0. The molecule has 0 radical (unpaired) electrons. The van der Waals surface area contributed by atoms with Gasteiger partial charge in [-0.2, -0.15) is 0 Å². The van der Waals surface area contributed by atoms with Gasteiger partial charge in [-0.15, -0.1) is 0 Å². The van der Waals surface area contributed by atoms with Crippen LogP contribution in [0.2, 0.25) is 0 Å². The summed E-state index contributed by atoms with van der Waals surface area (Å²) >= 11 is 0. The topological polar surface area (TPSA) is 72.9 Å². The van der Waals surface area contributed by atoms with Crippen molar-refractivity contribution in [3.05, 3.63) is 35.9 Å². The molecule has 6 nitrogen and oxygen atoms in total. The number of hydrogen-bond acceptors (Lipinski definition) is 6. The fraction of sp³-hybridized carbons (Fsp3) is 0.353. The summed E-state index contributed by atoms with van der Waals surface area (Å²) in [5.41, 5.74) is 1.81. The average molecular weight is 319 g/mol. The Morgan fingerprint density at radius 1 is 1.00 bits per heavy atom. The van der Waals surface area contributed by atoms with E-state index < -0.39 is 0 Å². The van der Waals surface area contributed by atoms with Gasteiger partial charge in [0.1, 0.15) is 19.5 Å². The normalized spacial score (nSPS) is 10.3. The van der Waals surface area contributed by atoms with E-state index in [0.29, 0.717) is 13.1 Å². The van der Waals surface area contributed by atoms with Crippen molar-refractivity contribution >= 4 is 30.0 Å². The van der Waals surface area contributed by atoms with Gasteiger partial charge in [-0.05, 0) is 23.8 Å². The summed E-state index contributed by atoms with van der Waals surface area (Å²) in [6.45, 7) is 4.20. The van der Waals surface area contributed by atoms with E-state index in [1.54, 1.807) is 6.08 Å². The molecule has 0 amide bonds. The highest BCUT2D eigenvalue weighted by Gasteiger charge is 2.08. The van der Waals surface area contributed by atoms with Crippen LogP contribution in [0, 0.1) is 0 Å². The molecule has 0 N–H and O–H groups in total. The van der Waals surface area contributed by atoms with Crippen LogP contribution in [0.4, 0.5) is 5.69 Å². The van der Waals surface area contributed by atoms with E-state index >= 15 is 0 Å². The number of hydrogen-bond donors (Lipinski definition) is 0. The van der Waals surface area contributed by atoms with Gasteiger partial charge in [-0.1, -0.05) is 18.2 Å². The number of rotatable bonds is 9. The van der Waals surface area contributed by atoms with Crippen LogP contribution < -0.4 is 4.90 Å². The van der Waals surface area contributed by atoms with Crippen molar-refractivity contribution in [2.75, 3.05) is 31.2 Å². The first kappa shape index (κ1) is 18.4. The zero-order chi connectivity index (χ0) is 17.1. The Morgan fingerprint density at radius 3 is 1.96 bits per heavy atom. The van der Waals surface area contributed by atoms with Gasteiger partial charge in [0.05, 0.1) is 13.1 Å². The third-order valence-corrected chi connectivity index (χ3v) is 2.96. The van der Waals surface area contributed by atoms with Crippen LogP contribution in [-0.2, 0) is 23.9 Å². The number of aldehydes is 1. The van der Waals surface area contributed by atoms with Crippen LogP contribution in [-0.4, -0.2) is 44.5 Å². The molecule has 0 bridgehead atoms. The van der Waals surface area contributed by atoms with E-state index in [0.717, 1.165) is 17.5 Å². The van der Waals surface area contributed by atoms with E-state index in [1.165, 1.54) is 19.9 Å². The van der Waals surface area contributed by atoms with Crippen LogP contribution in [0.25, 0.3) is 6.08 Å². The van der Waals surface area contributed by atoms with Crippen LogP contribution in [0.15, 0.2) is 30.3 Å². The smallest absolute Gasteiger partial charge is 0.302 e. The molecular formula is C17H21NO5. The van der Waals surface area contributed by atoms with Crippen LogP contribution in [0.1, 0.15) is 19.4 Å². The zero-order valence-electron chi connectivity index (χ0n) is 13.4. The fourth-order valence-electron chi connectivity index (χ4n) is 1.92. The minimum atomic E-state index is -0.334. The second-order valence-electron chi connectivity index (χ2n) is 4.75. The molecule has 0 fully saturated rings. The number of carbonyl (C=O) groups excluding carboxylic acids is 3. The molecule has 0 saturated carbocycles. The largest absolute Gasteiger partial charge is 0.464 e. The molecule has 0 heterocycles. The Kier molecular flexibility index (Phi) is 8.13. The maximum atomic E-state index is 10.9. The van der Waals surface area contributed by atoms with Gasteiger partial charge in [0.25, 0.3) is 0 Å². The summed E-state index contributed by atoms with van der Waals surface area (Å²) in [7, 11) is 0. The molecule has 0 unspecified atom stereocenters. The van der Waals surface area contributed by atoms with Crippen molar-refractivity contribution in [3.63, 3.8) is 0 Å². The van der Waals surface area contributed by atoms with E-state index in [9.17, 15) is 14.4 Å². The first-order valence-electron chi connectivity index (χ1n) is 7.26. The number of benzene rings is 1. The van der Waals surface area contributed by atoms with E-state index in [2.05, 4.69) is 0 Å². The Labute approximate surface area is 135 Å². The lowest BCUT2D eigenvalue weighted by Gasteiger charge is -2.24. The number of carbonyl (C=O) groups is 3. The summed E-state index contributed by atoms with van der Waals surface area (Å²) in [4.78, 5) is 34.0. The molecule has 0 spiro atoms. The molecule has 0 aromatic heterocycles. The first-order valence-corrected chi connectivity index (χ1v) is 7.26. The lowest BCUT2D eigenvalue weighted by molar-refractivity contribution is -0.141. The van der Waals surface area contributed by atoms with Crippen molar-refractivity contribution in [2.45, 2.75) is 13.8 Å². The molecule has 1 rings (SSSR count). The average Bonchev–Trinajstić information content (AvgIpc) is 2.51. The molecule has 124 valence electrons. The van der Waals surface area contributed by atoms with Crippen LogP contribution in [0.3, 0.4) is 0 Å². The summed E-state index contributed by atoms with van der Waals surface area (Å²) in [5.74, 6) is -0.668. The third-order valence-electron chi connectivity index (χ3n) is 2.96. The second-order valence-corrected chi connectivity index (χ2v) is 4.75. The second kappa shape index (κ2) is 10.2.